The van der Waals surface area contributed by atoms with Crippen molar-refractivity contribution in [3.63, 3.8) is 0 Å². The Balaban J connectivity index is 1.52. The molecule has 0 atom stereocenters. The third-order valence-electron chi connectivity index (χ3n) is 4.55. The number of thiophene rings is 1. The second kappa shape index (κ2) is 6.48. The summed E-state index contributed by atoms with van der Waals surface area (Å²) in [6, 6.07) is 2.12. The lowest BCUT2D eigenvalue weighted by Crippen LogP contribution is -2.31. The summed E-state index contributed by atoms with van der Waals surface area (Å²) >= 11 is 7.81. The van der Waals surface area contributed by atoms with Crippen LogP contribution in [0.1, 0.15) is 58.6 Å². The molecule has 0 aliphatic heterocycles. The van der Waals surface area contributed by atoms with Crippen LogP contribution >= 0.6 is 22.9 Å². The Morgan fingerprint density at radius 2 is 2.00 bits per heavy atom. The number of fused-ring (bicyclic) bond motifs is 1. The van der Waals surface area contributed by atoms with Crippen molar-refractivity contribution >= 4 is 28.8 Å². The number of rotatable bonds is 3. The van der Waals surface area contributed by atoms with E-state index in [1.165, 1.54) is 23.3 Å². The summed E-state index contributed by atoms with van der Waals surface area (Å²) in [7, 11) is 0. The molecule has 1 aromatic rings. The van der Waals surface area contributed by atoms with E-state index in [0.717, 1.165) is 49.9 Å². The van der Waals surface area contributed by atoms with E-state index in [2.05, 4.69) is 11.4 Å². The zero-order valence-corrected chi connectivity index (χ0v) is 13.4. The minimum Gasteiger partial charge on any atom is -0.351 e. The Kier molecular flexibility index (Phi) is 4.67. The highest BCUT2D eigenvalue weighted by molar-refractivity contribution is 7.14. The Morgan fingerprint density at radius 3 is 2.75 bits per heavy atom. The molecule has 1 N–H and O–H groups in total. The first-order chi connectivity index (χ1) is 9.72. The van der Waals surface area contributed by atoms with Crippen LogP contribution in [-0.2, 0) is 12.8 Å². The summed E-state index contributed by atoms with van der Waals surface area (Å²) in [4.78, 5) is 14.6. The maximum atomic E-state index is 12.2. The van der Waals surface area contributed by atoms with Gasteiger partial charge in [0.25, 0.3) is 5.91 Å². The third kappa shape index (κ3) is 3.37. The minimum absolute atomic E-state index is 0.123. The molecule has 1 aromatic heterocycles. The SMILES string of the molecule is O=C(NCC1CCC(Cl)CC1)c1cc2c(s1)CCCC2. The van der Waals surface area contributed by atoms with Gasteiger partial charge in [-0.05, 0) is 68.9 Å². The van der Waals surface area contributed by atoms with Gasteiger partial charge in [-0.1, -0.05) is 0 Å². The molecule has 20 heavy (non-hydrogen) atoms. The molecule has 0 radical (unpaired) electrons. The van der Waals surface area contributed by atoms with Crippen LogP contribution in [0.4, 0.5) is 0 Å². The lowest BCUT2D eigenvalue weighted by Gasteiger charge is -2.24. The lowest BCUT2D eigenvalue weighted by molar-refractivity contribution is 0.0948. The normalized spacial score (nSPS) is 26.1. The number of hydrogen-bond acceptors (Lipinski definition) is 2. The molecule has 3 rings (SSSR count). The Morgan fingerprint density at radius 1 is 1.25 bits per heavy atom. The van der Waals surface area contributed by atoms with Crippen LogP contribution in [0.2, 0.25) is 0 Å². The second-order valence-electron chi connectivity index (χ2n) is 6.09. The van der Waals surface area contributed by atoms with Gasteiger partial charge in [-0.25, -0.2) is 0 Å². The summed E-state index contributed by atoms with van der Waals surface area (Å²) in [5, 5.41) is 3.47. The number of carbonyl (C=O) groups is 1. The van der Waals surface area contributed by atoms with E-state index in [9.17, 15) is 4.79 Å². The van der Waals surface area contributed by atoms with E-state index in [1.54, 1.807) is 11.3 Å². The summed E-state index contributed by atoms with van der Waals surface area (Å²) < 4.78 is 0. The van der Waals surface area contributed by atoms with E-state index in [-0.39, 0.29) is 5.91 Å². The standard InChI is InChI=1S/C16H22ClNOS/c17-13-7-5-11(6-8-13)10-18-16(19)15-9-12-3-1-2-4-14(12)20-15/h9,11,13H,1-8,10H2,(H,18,19). The van der Waals surface area contributed by atoms with Gasteiger partial charge < -0.3 is 5.32 Å². The van der Waals surface area contributed by atoms with Crippen LogP contribution in [0.5, 0.6) is 0 Å². The van der Waals surface area contributed by atoms with Crippen LogP contribution in [-0.4, -0.2) is 17.8 Å². The smallest absolute Gasteiger partial charge is 0.261 e. The van der Waals surface area contributed by atoms with Gasteiger partial charge in [-0.2, -0.15) is 0 Å². The number of hydrogen-bond donors (Lipinski definition) is 1. The summed E-state index contributed by atoms with van der Waals surface area (Å²) in [5.41, 5.74) is 1.41. The van der Waals surface area contributed by atoms with E-state index in [1.807, 2.05) is 0 Å². The van der Waals surface area contributed by atoms with Crippen molar-refractivity contribution in [3.05, 3.63) is 21.4 Å². The van der Waals surface area contributed by atoms with Crippen molar-refractivity contribution in [1.29, 1.82) is 0 Å². The van der Waals surface area contributed by atoms with Crippen molar-refractivity contribution in [3.8, 4) is 0 Å². The summed E-state index contributed by atoms with van der Waals surface area (Å²) in [6.07, 6.45) is 9.34. The molecule has 1 saturated carbocycles. The highest BCUT2D eigenvalue weighted by atomic mass is 35.5. The second-order valence-corrected chi connectivity index (χ2v) is 7.85. The first-order valence-corrected chi connectivity index (χ1v) is 9.01. The maximum Gasteiger partial charge on any atom is 0.261 e. The van der Waals surface area contributed by atoms with Gasteiger partial charge in [-0.15, -0.1) is 22.9 Å². The van der Waals surface area contributed by atoms with Crippen molar-refractivity contribution in [1.82, 2.24) is 5.32 Å². The monoisotopic (exact) mass is 311 g/mol. The molecule has 1 fully saturated rings. The number of aryl methyl sites for hydroxylation is 2. The molecule has 0 saturated heterocycles. The number of nitrogens with one attached hydrogen (secondary N) is 1. The molecule has 0 spiro atoms. The quantitative estimate of drug-likeness (QED) is 0.835. The van der Waals surface area contributed by atoms with E-state index in [4.69, 9.17) is 11.6 Å². The van der Waals surface area contributed by atoms with E-state index < -0.39 is 0 Å². The van der Waals surface area contributed by atoms with Gasteiger partial charge in [0.2, 0.25) is 0 Å². The van der Waals surface area contributed by atoms with E-state index in [0.29, 0.717) is 11.3 Å². The van der Waals surface area contributed by atoms with Gasteiger partial charge >= 0.3 is 0 Å². The molecular weight excluding hydrogens is 290 g/mol. The molecule has 110 valence electrons. The fraction of sp³-hybridized carbons (Fsp3) is 0.688. The highest BCUT2D eigenvalue weighted by Gasteiger charge is 2.21. The first kappa shape index (κ1) is 14.4. The highest BCUT2D eigenvalue weighted by Crippen LogP contribution is 2.30. The largest absolute Gasteiger partial charge is 0.351 e. The minimum atomic E-state index is 0.123. The van der Waals surface area contributed by atoms with Crippen LogP contribution in [0.15, 0.2) is 6.07 Å². The Labute approximate surface area is 129 Å². The molecule has 2 aliphatic carbocycles. The molecule has 0 bridgehead atoms. The van der Waals surface area contributed by atoms with Gasteiger partial charge in [0.15, 0.2) is 0 Å². The number of alkyl halides is 1. The predicted molar refractivity (Wildman–Crippen MR) is 84.9 cm³/mol. The number of amides is 1. The fourth-order valence-corrected chi connectivity index (χ4v) is 4.67. The lowest BCUT2D eigenvalue weighted by atomic mass is 9.89. The van der Waals surface area contributed by atoms with Crippen LogP contribution in [0.25, 0.3) is 0 Å². The molecule has 1 amide bonds. The van der Waals surface area contributed by atoms with Gasteiger partial charge in [0.1, 0.15) is 0 Å². The molecule has 2 aliphatic rings. The molecule has 0 unspecified atom stereocenters. The molecule has 1 heterocycles. The molecule has 0 aromatic carbocycles. The maximum absolute atomic E-state index is 12.2. The fourth-order valence-electron chi connectivity index (χ4n) is 3.25. The van der Waals surface area contributed by atoms with Crippen molar-refractivity contribution < 1.29 is 4.79 Å². The predicted octanol–water partition coefficient (Wildman–Crippen LogP) is 4.15. The number of carbonyl (C=O) groups excluding carboxylic acids is 1. The Bertz CT molecular complexity index is 453. The molecular formula is C16H22ClNOS. The van der Waals surface area contributed by atoms with Crippen molar-refractivity contribution in [2.24, 2.45) is 5.92 Å². The molecule has 2 nitrogen and oxygen atoms in total. The van der Waals surface area contributed by atoms with Gasteiger partial charge in [-0.3, -0.25) is 4.79 Å². The average Bonchev–Trinajstić information content (AvgIpc) is 2.90. The molecule has 4 heteroatoms. The number of halogens is 1. The average molecular weight is 312 g/mol. The third-order valence-corrected chi connectivity index (χ3v) is 6.22. The van der Waals surface area contributed by atoms with Crippen molar-refractivity contribution in [2.45, 2.75) is 56.7 Å². The van der Waals surface area contributed by atoms with Crippen LogP contribution in [0.3, 0.4) is 0 Å². The topological polar surface area (TPSA) is 29.1 Å². The van der Waals surface area contributed by atoms with Crippen LogP contribution < -0.4 is 5.32 Å². The Hall–Kier alpha value is -0.540. The zero-order chi connectivity index (χ0) is 13.9. The van der Waals surface area contributed by atoms with Gasteiger partial charge in [0, 0.05) is 16.8 Å². The van der Waals surface area contributed by atoms with Crippen LogP contribution in [0, 0.1) is 5.92 Å². The van der Waals surface area contributed by atoms with Gasteiger partial charge in [0.05, 0.1) is 4.88 Å². The van der Waals surface area contributed by atoms with E-state index >= 15 is 0 Å². The summed E-state index contributed by atoms with van der Waals surface area (Å²) in [6.45, 7) is 0.811. The van der Waals surface area contributed by atoms with Crippen molar-refractivity contribution in [2.75, 3.05) is 6.54 Å². The first-order valence-electron chi connectivity index (χ1n) is 7.76. The summed E-state index contributed by atoms with van der Waals surface area (Å²) in [5.74, 6) is 0.737. The zero-order valence-electron chi connectivity index (χ0n) is 11.8.